The molecule has 3 heterocycles. The van der Waals surface area contributed by atoms with Gasteiger partial charge in [-0.15, -0.1) is 0 Å². The van der Waals surface area contributed by atoms with Crippen LogP contribution in [0.2, 0.25) is 0 Å². The standard InChI is InChI=1S/C22H26N4O2S/c1-25-15-20(14-24-25)17-4-5-18-13-23-21(11-19(18)10-17)12-22(27)16-6-8-26(9-7-16)29(2,3)28/h4-5,10-11,13-16H,2,6-9,12H2,1,3H3. The van der Waals surface area contributed by atoms with Crippen LogP contribution in [0.15, 0.2) is 42.9 Å². The molecular formula is C22H26N4O2S. The van der Waals surface area contributed by atoms with Gasteiger partial charge in [-0.1, -0.05) is 12.1 Å². The van der Waals surface area contributed by atoms with Gasteiger partial charge in [-0.2, -0.15) is 5.10 Å². The van der Waals surface area contributed by atoms with E-state index in [1.807, 2.05) is 42.1 Å². The van der Waals surface area contributed by atoms with E-state index >= 15 is 0 Å². The molecule has 6 nitrogen and oxygen atoms in total. The van der Waals surface area contributed by atoms with Crippen LogP contribution in [0.3, 0.4) is 0 Å². The van der Waals surface area contributed by atoms with Crippen molar-refractivity contribution in [2.75, 3.05) is 19.3 Å². The molecule has 0 bridgehead atoms. The average molecular weight is 411 g/mol. The third-order valence-corrected chi connectivity index (χ3v) is 7.08. The third-order valence-electron chi connectivity index (χ3n) is 5.63. The smallest absolute Gasteiger partial charge is 0.142 e. The zero-order valence-corrected chi connectivity index (χ0v) is 17.7. The molecule has 152 valence electrons. The minimum Gasteiger partial charge on any atom is -0.299 e. The van der Waals surface area contributed by atoms with Crippen LogP contribution in [0.25, 0.3) is 21.9 Å². The summed E-state index contributed by atoms with van der Waals surface area (Å²) in [5.74, 6) is 3.97. The number of pyridine rings is 1. The Kier molecular flexibility index (Phi) is 5.27. The largest absolute Gasteiger partial charge is 0.299 e. The molecule has 0 saturated carbocycles. The van der Waals surface area contributed by atoms with Gasteiger partial charge in [0, 0.05) is 77.5 Å². The highest BCUT2D eigenvalue weighted by atomic mass is 32.2. The minimum absolute atomic E-state index is 0.00669. The number of nitrogens with zero attached hydrogens (tertiary/aromatic N) is 4. The van der Waals surface area contributed by atoms with Gasteiger partial charge in [-0.05, 0) is 41.8 Å². The first-order chi connectivity index (χ1) is 13.8. The summed E-state index contributed by atoms with van der Waals surface area (Å²) in [5.41, 5.74) is 2.95. The van der Waals surface area contributed by atoms with Gasteiger partial charge in [0.1, 0.15) is 5.78 Å². The summed E-state index contributed by atoms with van der Waals surface area (Å²) >= 11 is 0. The lowest BCUT2D eigenvalue weighted by Crippen LogP contribution is -2.39. The van der Waals surface area contributed by atoms with Gasteiger partial charge in [0.15, 0.2) is 0 Å². The Morgan fingerprint density at radius 2 is 1.93 bits per heavy atom. The van der Waals surface area contributed by atoms with E-state index in [2.05, 4.69) is 28.1 Å². The summed E-state index contributed by atoms with van der Waals surface area (Å²) in [7, 11) is -0.279. The van der Waals surface area contributed by atoms with E-state index < -0.39 is 9.71 Å². The topological polar surface area (TPSA) is 68.1 Å². The zero-order valence-electron chi connectivity index (χ0n) is 16.9. The Morgan fingerprint density at radius 3 is 2.59 bits per heavy atom. The van der Waals surface area contributed by atoms with Crippen LogP contribution in [-0.4, -0.2) is 54.3 Å². The summed E-state index contributed by atoms with van der Waals surface area (Å²) < 4.78 is 15.8. The maximum absolute atomic E-state index is 12.8. The van der Waals surface area contributed by atoms with E-state index in [1.165, 1.54) is 0 Å². The molecule has 0 N–H and O–H groups in total. The highest BCUT2D eigenvalue weighted by Gasteiger charge is 2.27. The molecule has 1 aliphatic heterocycles. The maximum Gasteiger partial charge on any atom is 0.142 e. The predicted molar refractivity (Wildman–Crippen MR) is 118 cm³/mol. The van der Waals surface area contributed by atoms with Gasteiger partial charge < -0.3 is 0 Å². The summed E-state index contributed by atoms with van der Waals surface area (Å²) in [6.07, 6.45) is 9.13. The summed E-state index contributed by atoms with van der Waals surface area (Å²) in [4.78, 5) is 17.3. The molecule has 2 aromatic heterocycles. The summed E-state index contributed by atoms with van der Waals surface area (Å²) in [6.45, 7) is 1.32. The number of hydrogen-bond donors (Lipinski definition) is 0. The van der Waals surface area contributed by atoms with Crippen molar-refractivity contribution in [2.45, 2.75) is 19.3 Å². The fraction of sp³-hybridized carbons (Fsp3) is 0.364. The normalized spacial score (nSPS) is 18.0. The fourth-order valence-corrected chi connectivity index (χ4v) is 4.90. The first kappa shape index (κ1) is 19.8. The SMILES string of the molecule is C=S(C)(=O)N1CCC(C(=O)Cc2cc3cc(-c4cnn(C)c4)ccc3cn2)CC1. The number of aromatic nitrogens is 3. The Balaban J connectivity index is 1.48. The molecule has 1 aromatic carbocycles. The third kappa shape index (κ3) is 4.41. The van der Waals surface area contributed by atoms with Crippen molar-refractivity contribution < 1.29 is 9.00 Å². The van der Waals surface area contributed by atoms with Crippen molar-refractivity contribution in [2.24, 2.45) is 13.0 Å². The van der Waals surface area contributed by atoms with Crippen LogP contribution in [-0.2, 0) is 28.0 Å². The lowest BCUT2D eigenvalue weighted by molar-refractivity contribution is -0.123. The second kappa shape index (κ2) is 7.72. The van der Waals surface area contributed by atoms with Crippen molar-refractivity contribution >= 4 is 32.1 Å². The molecule has 0 aliphatic carbocycles. The van der Waals surface area contributed by atoms with Gasteiger partial charge >= 0.3 is 0 Å². The number of piperidine rings is 1. The van der Waals surface area contributed by atoms with E-state index in [9.17, 15) is 9.00 Å². The van der Waals surface area contributed by atoms with Crippen LogP contribution in [0.1, 0.15) is 18.5 Å². The number of ketones is 1. The van der Waals surface area contributed by atoms with Crippen LogP contribution in [0.5, 0.6) is 0 Å². The number of carbonyl (C=O) groups excluding carboxylic acids is 1. The van der Waals surface area contributed by atoms with Gasteiger partial charge in [0.2, 0.25) is 0 Å². The van der Waals surface area contributed by atoms with E-state index in [0.717, 1.165) is 40.4 Å². The molecular weight excluding hydrogens is 384 g/mol. The second-order valence-electron chi connectivity index (χ2n) is 7.95. The minimum atomic E-state index is -2.18. The monoisotopic (exact) mass is 410 g/mol. The highest BCUT2D eigenvalue weighted by molar-refractivity contribution is 7.97. The van der Waals surface area contributed by atoms with Crippen molar-refractivity contribution in [3.8, 4) is 11.1 Å². The Bertz CT molecular complexity index is 1160. The molecule has 29 heavy (non-hydrogen) atoms. The summed E-state index contributed by atoms with van der Waals surface area (Å²) in [6, 6.07) is 8.24. The molecule has 7 heteroatoms. The molecule has 0 spiro atoms. The fourth-order valence-electron chi connectivity index (χ4n) is 3.92. The molecule has 1 aliphatic rings. The number of hydrogen-bond acceptors (Lipinski definition) is 4. The number of aryl methyl sites for hydroxylation is 1. The molecule has 1 unspecified atom stereocenters. The van der Waals surface area contributed by atoms with Gasteiger partial charge in [0.05, 0.1) is 6.20 Å². The van der Waals surface area contributed by atoms with Crippen molar-refractivity contribution in [3.63, 3.8) is 0 Å². The summed E-state index contributed by atoms with van der Waals surface area (Å²) in [5, 5.41) is 6.36. The molecule has 4 rings (SSSR count). The lowest BCUT2D eigenvalue weighted by atomic mass is 9.91. The lowest BCUT2D eigenvalue weighted by Gasteiger charge is -2.31. The van der Waals surface area contributed by atoms with Crippen LogP contribution in [0.4, 0.5) is 0 Å². The van der Waals surface area contributed by atoms with Crippen LogP contribution in [0, 0.1) is 5.92 Å². The van der Waals surface area contributed by atoms with E-state index in [4.69, 9.17) is 0 Å². The van der Waals surface area contributed by atoms with Gasteiger partial charge in [0.25, 0.3) is 0 Å². The van der Waals surface area contributed by atoms with Crippen molar-refractivity contribution in [1.29, 1.82) is 0 Å². The quantitative estimate of drug-likeness (QED) is 0.607. The van der Waals surface area contributed by atoms with E-state index in [1.54, 1.807) is 10.9 Å². The number of Topliss-reactive ketones (excluding diaryl/α,β-unsaturated/α-hetero) is 1. The number of rotatable bonds is 5. The number of carbonyl (C=O) groups is 1. The van der Waals surface area contributed by atoms with E-state index in [-0.39, 0.29) is 11.7 Å². The Morgan fingerprint density at radius 1 is 1.17 bits per heavy atom. The van der Waals surface area contributed by atoms with Gasteiger partial charge in [-0.3, -0.25) is 18.7 Å². The number of benzene rings is 1. The average Bonchev–Trinajstić information content (AvgIpc) is 3.13. The maximum atomic E-state index is 12.8. The Labute approximate surface area is 171 Å². The zero-order chi connectivity index (χ0) is 20.6. The highest BCUT2D eigenvalue weighted by Crippen LogP contribution is 2.25. The number of fused-ring (bicyclic) bond motifs is 1. The molecule has 1 fully saturated rings. The second-order valence-corrected chi connectivity index (χ2v) is 10.4. The van der Waals surface area contributed by atoms with Crippen LogP contribution >= 0.6 is 0 Å². The van der Waals surface area contributed by atoms with E-state index in [0.29, 0.717) is 19.5 Å². The first-order valence-electron chi connectivity index (χ1n) is 9.77. The molecule has 0 amide bonds. The molecule has 1 atom stereocenters. The molecule has 0 radical (unpaired) electrons. The van der Waals surface area contributed by atoms with Gasteiger partial charge in [-0.25, -0.2) is 4.31 Å². The Hall–Kier alpha value is -2.51. The molecule has 3 aromatic rings. The first-order valence-corrected chi connectivity index (χ1v) is 11.9. The van der Waals surface area contributed by atoms with Crippen molar-refractivity contribution in [3.05, 3.63) is 48.5 Å². The molecule has 1 saturated heterocycles. The van der Waals surface area contributed by atoms with Crippen molar-refractivity contribution in [1.82, 2.24) is 19.1 Å². The van der Waals surface area contributed by atoms with Crippen LogP contribution < -0.4 is 0 Å². The predicted octanol–water partition coefficient (Wildman–Crippen LogP) is 2.72.